The molecular weight excluding hydrogens is 448 g/mol. The molecule has 0 aliphatic heterocycles. The van der Waals surface area contributed by atoms with Crippen molar-refractivity contribution in [3.8, 4) is 11.1 Å². The standard InChI is InChI=1S/C35H28N2/c1-36(35-18-10-12-29-11-8-9-17-34(29)35)30-23-19-27(20-24-30)28-21-25-33(26-22-28)37(31-13-4-2-5-14-31)32-15-6-3-7-16-32/h2-26H,1H3. The smallest absolute Gasteiger partial charge is 0.0487 e. The molecule has 0 atom stereocenters. The Hall–Kier alpha value is -4.82. The zero-order valence-corrected chi connectivity index (χ0v) is 20.8. The zero-order valence-electron chi connectivity index (χ0n) is 20.8. The molecule has 0 spiro atoms. The number of para-hydroxylation sites is 2. The minimum absolute atomic E-state index is 1.13. The SMILES string of the molecule is CN(c1ccc(-c2ccc(N(c3ccccc3)c3ccccc3)cc2)cc1)c1cccc2ccccc12. The van der Waals surface area contributed by atoms with E-state index in [1.54, 1.807) is 0 Å². The normalized spacial score (nSPS) is 10.8. The van der Waals surface area contributed by atoms with Gasteiger partial charge in [0.2, 0.25) is 0 Å². The lowest BCUT2D eigenvalue weighted by atomic mass is 10.0. The molecule has 37 heavy (non-hydrogen) atoms. The third kappa shape index (κ3) is 4.57. The highest BCUT2D eigenvalue weighted by Crippen LogP contribution is 2.36. The van der Waals surface area contributed by atoms with Gasteiger partial charge in [-0.05, 0) is 71.1 Å². The lowest BCUT2D eigenvalue weighted by Crippen LogP contribution is -2.09. The largest absolute Gasteiger partial charge is 0.344 e. The van der Waals surface area contributed by atoms with Crippen LogP contribution < -0.4 is 9.80 Å². The van der Waals surface area contributed by atoms with Crippen molar-refractivity contribution in [2.24, 2.45) is 0 Å². The fourth-order valence-corrected chi connectivity index (χ4v) is 4.92. The Labute approximate surface area is 218 Å². The van der Waals surface area contributed by atoms with Gasteiger partial charge in [-0.15, -0.1) is 0 Å². The van der Waals surface area contributed by atoms with Gasteiger partial charge in [-0.25, -0.2) is 0 Å². The number of fused-ring (bicyclic) bond motifs is 1. The molecule has 6 rings (SSSR count). The van der Waals surface area contributed by atoms with Gasteiger partial charge in [0.25, 0.3) is 0 Å². The van der Waals surface area contributed by atoms with Crippen molar-refractivity contribution in [2.75, 3.05) is 16.8 Å². The van der Waals surface area contributed by atoms with Crippen LogP contribution in [0, 0.1) is 0 Å². The van der Waals surface area contributed by atoms with Crippen LogP contribution in [0.1, 0.15) is 0 Å². The van der Waals surface area contributed by atoms with Crippen LogP contribution in [0.15, 0.2) is 152 Å². The first-order valence-corrected chi connectivity index (χ1v) is 12.6. The van der Waals surface area contributed by atoms with Gasteiger partial charge in [0, 0.05) is 40.9 Å². The monoisotopic (exact) mass is 476 g/mol. The van der Waals surface area contributed by atoms with Gasteiger partial charge in [0.15, 0.2) is 0 Å². The Bertz CT molecular complexity index is 1560. The second-order valence-electron chi connectivity index (χ2n) is 9.16. The van der Waals surface area contributed by atoms with Crippen molar-refractivity contribution in [2.45, 2.75) is 0 Å². The summed E-state index contributed by atoms with van der Waals surface area (Å²) in [6.07, 6.45) is 0. The summed E-state index contributed by atoms with van der Waals surface area (Å²) in [7, 11) is 2.13. The van der Waals surface area contributed by atoms with Crippen molar-refractivity contribution in [1.82, 2.24) is 0 Å². The van der Waals surface area contributed by atoms with Gasteiger partial charge >= 0.3 is 0 Å². The van der Waals surface area contributed by atoms with Crippen LogP contribution in [0.2, 0.25) is 0 Å². The zero-order chi connectivity index (χ0) is 25.0. The minimum atomic E-state index is 1.13. The third-order valence-electron chi connectivity index (χ3n) is 6.87. The van der Waals surface area contributed by atoms with Gasteiger partial charge in [-0.3, -0.25) is 0 Å². The summed E-state index contributed by atoms with van der Waals surface area (Å²) < 4.78 is 0. The Morgan fingerprint density at radius 3 is 1.43 bits per heavy atom. The average Bonchev–Trinajstić information content (AvgIpc) is 2.98. The van der Waals surface area contributed by atoms with Crippen LogP contribution in [-0.2, 0) is 0 Å². The lowest BCUT2D eigenvalue weighted by molar-refractivity contribution is 1.22. The van der Waals surface area contributed by atoms with Crippen molar-refractivity contribution < 1.29 is 0 Å². The first-order chi connectivity index (χ1) is 18.3. The number of nitrogens with zero attached hydrogens (tertiary/aromatic N) is 2. The van der Waals surface area contributed by atoms with E-state index in [4.69, 9.17) is 0 Å². The second-order valence-corrected chi connectivity index (χ2v) is 9.16. The molecule has 0 aliphatic carbocycles. The summed E-state index contributed by atoms with van der Waals surface area (Å²) in [5, 5.41) is 2.51. The van der Waals surface area contributed by atoms with E-state index in [2.05, 4.69) is 169 Å². The van der Waals surface area contributed by atoms with Crippen molar-refractivity contribution in [3.05, 3.63) is 152 Å². The van der Waals surface area contributed by atoms with Crippen molar-refractivity contribution in [1.29, 1.82) is 0 Å². The molecule has 0 aliphatic rings. The highest BCUT2D eigenvalue weighted by Gasteiger charge is 2.12. The summed E-state index contributed by atoms with van der Waals surface area (Å²) in [6, 6.07) is 53.6. The van der Waals surface area contributed by atoms with Crippen molar-refractivity contribution in [3.63, 3.8) is 0 Å². The van der Waals surface area contributed by atoms with E-state index in [0.717, 1.165) is 22.7 Å². The van der Waals surface area contributed by atoms with E-state index < -0.39 is 0 Å². The molecule has 0 saturated heterocycles. The molecule has 0 heterocycles. The van der Waals surface area contributed by atoms with Gasteiger partial charge in [0.05, 0.1) is 0 Å². The van der Waals surface area contributed by atoms with E-state index >= 15 is 0 Å². The van der Waals surface area contributed by atoms with Crippen LogP contribution in [0.4, 0.5) is 28.4 Å². The molecule has 0 aromatic heterocycles. The molecule has 6 aromatic carbocycles. The summed E-state index contributed by atoms with van der Waals surface area (Å²) >= 11 is 0. The summed E-state index contributed by atoms with van der Waals surface area (Å²) in [6.45, 7) is 0. The number of hydrogen-bond acceptors (Lipinski definition) is 2. The predicted octanol–water partition coefficient (Wildman–Crippen LogP) is 9.74. The molecule has 6 aromatic rings. The Morgan fingerprint density at radius 2 is 0.838 bits per heavy atom. The molecular formula is C35H28N2. The summed E-state index contributed by atoms with van der Waals surface area (Å²) in [5.41, 5.74) is 8.18. The first-order valence-electron chi connectivity index (χ1n) is 12.6. The van der Waals surface area contributed by atoms with Crippen molar-refractivity contribution >= 4 is 39.2 Å². The maximum absolute atomic E-state index is 2.28. The van der Waals surface area contributed by atoms with Gasteiger partial charge in [-0.2, -0.15) is 0 Å². The van der Waals surface area contributed by atoms with Crippen LogP contribution in [0.3, 0.4) is 0 Å². The molecule has 0 bridgehead atoms. The topological polar surface area (TPSA) is 6.48 Å². The van der Waals surface area contributed by atoms with Gasteiger partial charge in [-0.1, -0.05) is 97.1 Å². The average molecular weight is 477 g/mol. The molecule has 178 valence electrons. The first kappa shape index (κ1) is 22.6. The lowest BCUT2D eigenvalue weighted by Gasteiger charge is -2.25. The summed E-state index contributed by atoms with van der Waals surface area (Å²) in [5.74, 6) is 0. The van der Waals surface area contributed by atoms with Crippen LogP contribution in [-0.4, -0.2) is 7.05 Å². The fourth-order valence-electron chi connectivity index (χ4n) is 4.92. The van der Waals surface area contributed by atoms with E-state index in [0.29, 0.717) is 0 Å². The number of benzene rings is 6. The summed E-state index contributed by atoms with van der Waals surface area (Å²) in [4.78, 5) is 4.54. The van der Waals surface area contributed by atoms with Crippen LogP contribution >= 0.6 is 0 Å². The fraction of sp³-hybridized carbons (Fsp3) is 0.0286. The molecule has 0 radical (unpaired) electrons. The Kier molecular flexibility index (Phi) is 6.14. The van der Waals surface area contributed by atoms with Gasteiger partial charge < -0.3 is 9.80 Å². The van der Waals surface area contributed by atoms with E-state index in [-0.39, 0.29) is 0 Å². The maximum atomic E-state index is 2.28. The van der Waals surface area contributed by atoms with E-state index in [1.165, 1.54) is 27.6 Å². The van der Waals surface area contributed by atoms with E-state index in [1.807, 2.05) is 0 Å². The Morgan fingerprint density at radius 1 is 0.378 bits per heavy atom. The number of hydrogen-bond donors (Lipinski definition) is 0. The molecule has 0 N–H and O–H groups in total. The molecule has 0 fully saturated rings. The van der Waals surface area contributed by atoms with Gasteiger partial charge in [0.1, 0.15) is 0 Å². The van der Waals surface area contributed by atoms with Crippen LogP contribution in [0.25, 0.3) is 21.9 Å². The van der Waals surface area contributed by atoms with Crippen LogP contribution in [0.5, 0.6) is 0 Å². The predicted molar refractivity (Wildman–Crippen MR) is 159 cm³/mol. The van der Waals surface area contributed by atoms with E-state index in [9.17, 15) is 0 Å². The quantitative estimate of drug-likeness (QED) is 0.236. The molecule has 0 amide bonds. The maximum Gasteiger partial charge on any atom is 0.0487 e. The highest BCUT2D eigenvalue weighted by molar-refractivity contribution is 5.96. The number of anilines is 5. The highest BCUT2D eigenvalue weighted by atomic mass is 15.1. The third-order valence-corrected chi connectivity index (χ3v) is 6.87. The second kappa shape index (κ2) is 10.0. The minimum Gasteiger partial charge on any atom is -0.344 e. The molecule has 0 unspecified atom stereocenters. The number of rotatable bonds is 6. The molecule has 2 heteroatoms. The Balaban J connectivity index is 1.28. The molecule has 0 saturated carbocycles. The molecule has 2 nitrogen and oxygen atoms in total.